The molecule has 0 radical (unpaired) electrons. The number of carbonyl (C=O) groups is 1. The van der Waals surface area contributed by atoms with Crippen LogP contribution in [0.15, 0.2) is 0 Å². The van der Waals surface area contributed by atoms with Crippen LogP contribution in [0.4, 0.5) is 4.79 Å². The van der Waals surface area contributed by atoms with Crippen molar-refractivity contribution in [1.29, 1.82) is 0 Å². The first-order chi connectivity index (χ1) is 9.44. The van der Waals surface area contributed by atoms with Crippen molar-refractivity contribution in [3.63, 3.8) is 0 Å². The fourth-order valence-corrected chi connectivity index (χ4v) is 2.77. The van der Waals surface area contributed by atoms with E-state index < -0.39 is 5.60 Å². The summed E-state index contributed by atoms with van der Waals surface area (Å²) in [6, 6.07) is 0.938. The molecule has 0 bridgehead atoms. The Labute approximate surface area is 121 Å². The van der Waals surface area contributed by atoms with Gasteiger partial charge in [0.1, 0.15) is 5.60 Å². The van der Waals surface area contributed by atoms with Gasteiger partial charge in [0.2, 0.25) is 0 Å². The number of hydrogen-bond donors (Lipinski definition) is 2. The minimum absolute atomic E-state index is 0.160. The van der Waals surface area contributed by atoms with Crippen molar-refractivity contribution in [2.24, 2.45) is 0 Å². The van der Waals surface area contributed by atoms with Gasteiger partial charge >= 0.3 is 6.09 Å². The van der Waals surface area contributed by atoms with Gasteiger partial charge in [-0.25, -0.2) is 4.79 Å². The van der Waals surface area contributed by atoms with Gasteiger partial charge in [0.15, 0.2) is 0 Å². The molecule has 5 heteroatoms. The molecule has 1 aliphatic heterocycles. The minimum atomic E-state index is -0.445. The van der Waals surface area contributed by atoms with Gasteiger partial charge in [-0.1, -0.05) is 19.3 Å². The van der Waals surface area contributed by atoms with Crippen LogP contribution in [0.1, 0.15) is 52.9 Å². The zero-order chi connectivity index (χ0) is 14.6. The molecule has 2 fully saturated rings. The Hall–Kier alpha value is -0.810. The van der Waals surface area contributed by atoms with Crippen molar-refractivity contribution in [2.75, 3.05) is 13.2 Å². The normalized spacial score (nSPS) is 28.4. The first-order valence-electron chi connectivity index (χ1n) is 7.77. The Morgan fingerprint density at radius 1 is 1.10 bits per heavy atom. The molecule has 1 amide bonds. The first-order valence-corrected chi connectivity index (χ1v) is 7.77. The molecule has 2 rings (SSSR count). The molecule has 116 valence electrons. The third kappa shape index (κ3) is 4.94. The SMILES string of the molecule is CC(C)(C)OC(=O)NC1CCCCCC1NC1COC1. The van der Waals surface area contributed by atoms with Crippen LogP contribution in [0.2, 0.25) is 0 Å². The highest BCUT2D eigenvalue weighted by atomic mass is 16.6. The summed E-state index contributed by atoms with van der Waals surface area (Å²) in [7, 11) is 0. The van der Waals surface area contributed by atoms with Gasteiger partial charge in [-0.2, -0.15) is 0 Å². The van der Waals surface area contributed by atoms with Crippen LogP contribution in [-0.4, -0.2) is 43.0 Å². The van der Waals surface area contributed by atoms with Gasteiger partial charge < -0.3 is 20.1 Å². The monoisotopic (exact) mass is 284 g/mol. The van der Waals surface area contributed by atoms with E-state index in [9.17, 15) is 4.79 Å². The predicted molar refractivity (Wildman–Crippen MR) is 77.8 cm³/mol. The highest BCUT2D eigenvalue weighted by Gasteiger charge is 2.30. The fourth-order valence-electron chi connectivity index (χ4n) is 2.77. The fraction of sp³-hybridized carbons (Fsp3) is 0.933. The van der Waals surface area contributed by atoms with Crippen LogP contribution in [0.25, 0.3) is 0 Å². The Bertz CT molecular complexity index is 324. The van der Waals surface area contributed by atoms with E-state index in [1.54, 1.807) is 0 Å². The molecule has 0 aromatic rings. The number of nitrogens with one attached hydrogen (secondary N) is 2. The van der Waals surface area contributed by atoms with E-state index in [4.69, 9.17) is 9.47 Å². The quantitative estimate of drug-likeness (QED) is 0.780. The molecule has 1 aliphatic carbocycles. The molecule has 5 nitrogen and oxygen atoms in total. The van der Waals surface area contributed by atoms with Gasteiger partial charge in [-0.3, -0.25) is 0 Å². The molecule has 1 heterocycles. The Morgan fingerprint density at radius 3 is 2.30 bits per heavy atom. The van der Waals surface area contributed by atoms with Crippen molar-refractivity contribution in [3.05, 3.63) is 0 Å². The van der Waals surface area contributed by atoms with E-state index in [1.165, 1.54) is 19.3 Å². The van der Waals surface area contributed by atoms with Gasteiger partial charge in [0.05, 0.1) is 19.3 Å². The second kappa shape index (κ2) is 6.76. The number of alkyl carbamates (subject to hydrolysis) is 1. The summed E-state index contributed by atoms with van der Waals surface area (Å²) in [6.07, 6.45) is 5.45. The standard InChI is InChI=1S/C15H28N2O3/c1-15(2,3)20-14(18)17-13-8-6-4-5-7-12(13)16-11-9-19-10-11/h11-13,16H,4-10H2,1-3H3,(H,17,18). The van der Waals surface area contributed by atoms with Crippen LogP contribution in [-0.2, 0) is 9.47 Å². The van der Waals surface area contributed by atoms with E-state index in [0.717, 1.165) is 26.1 Å². The van der Waals surface area contributed by atoms with Crippen LogP contribution in [0.5, 0.6) is 0 Å². The number of ether oxygens (including phenoxy) is 2. The zero-order valence-corrected chi connectivity index (χ0v) is 12.9. The molecule has 0 aromatic carbocycles. The summed E-state index contributed by atoms with van der Waals surface area (Å²) in [6.45, 7) is 7.24. The van der Waals surface area contributed by atoms with Crippen LogP contribution >= 0.6 is 0 Å². The summed E-state index contributed by atoms with van der Waals surface area (Å²) < 4.78 is 10.6. The maximum absolute atomic E-state index is 12.0. The zero-order valence-electron chi connectivity index (χ0n) is 12.9. The average Bonchev–Trinajstić information content (AvgIpc) is 2.46. The summed E-state index contributed by atoms with van der Waals surface area (Å²) in [5.74, 6) is 0. The number of amides is 1. The van der Waals surface area contributed by atoms with Crippen LogP contribution in [0, 0.1) is 0 Å². The smallest absolute Gasteiger partial charge is 0.407 e. The van der Waals surface area contributed by atoms with E-state index in [1.807, 2.05) is 20.8 Å². The lowest BCUT2D eigenvalue weighted by molar-refractivity contribution is -0.0128. The molecule has 1 saturated heterocycles. The molecule has 2 atom stereocenters. The number of carbonyl (C=O) groups excluding carboxylic acids is 1. The molecule has 2 N–H and O–H groups in total. The Kier molecular flexibility index (Phi) is 5.27. The van der Waals surface area contributed by atoms with E-state index in [0.29, 0.717) is 12.1 Å². The summed E-state index contributed by atoms with van der Waals surface area (Å²) in [5.41, 5.74) is -0.445. The molecule has 2 aliphatic rings. The van der Waals surface area contributed by atoms with Crippen LogP contribution in [0.3, 0.4) is 0 Å². The number of rotatable bonds is 3. The van der Waals surface area contributed by atoms with E-state index in [-0.39, 0.29) is 12.1 Å². The molecule has 20 heavy (non-hydrogen) atoms. The molecule has 1 saturated carbocycles. The third-order valence-electron chi connectivity index (χ3n) is 3.81. The Morgan fingerprint density at radius 2 is 1.75 bits per heavy atom. The average molecular weight is 284 g/mol. The van der Waals surface area contributed by atoms with Gasteiger partial charge in [0, 0.05) is 12.1 Å². The summed E-state index contributed by atoms with van der Waals surface area (Å²) in [4.78, 5) is 12.0. The molecule has 0 spiro atoms. The maximum atomic E-state index is 12.0. The number of hydrogen-bond acceptors (Lipinski definition) is 4. The lowest BCUT2D eigenvalue weighted by atomic mass is 10.0. The van der Waals surface area contributed by atoms with Crippen LogP contribution < -0.4 is 10.6 Å². The topological polar surface area (TPSA) is 59.6 Å². The molecule has 2 unspecified atom stereocenters. The largest absolute Gasteiger partial charge is 0.444 e. The van der Waals surface area contributed by atoms with Crippen molar-refractivity contribution in [1.82, 2.24) is 10.6 Å². The minimum Gasteiger partial charge on any atom is -0.444 e. The third-order valence-corrected chi connectivity index (χ3v) is 3.81. The van der Waals surface area contributed by atoms with Crippen molar-refractivity contribution < 1.29 is 14.3 Å². The van der Waals surface area contributed by atoms with Crippen molar-refractivity contribution in [3.8, 4) is 0 Å². The first kappa shape index (κ1) is 15.6. The summed E-state index contributed by atoms with van der Waals surface area (Å²) in [5, 5.41) is 6.67. The van der Waals surface area contributed by atoms with Gasteiger partial charge in [-0.15, -0.1) is 0 Å². The van der Waals surface area contributed by atoms with Gasteiger partial charge in [-0.05, 0) is 33.6 Å². The second-order valence-electron chi connectivity index (χ2n) is 6.90. The molecular formula is C15H28N2O3. The second-order valence-corrected chi connectivity index (χ2v) is 6.90. The van der Waals surface area contributed by atoms with Crippen molar-refractivity contribution in [2.45, 2.75) is 76.6 Å². The lowest BCUT2D eigenvalue weighted by Crippen LogP contribution is -2.57. The predicted octanol–water partition coefficient (Wildman–Crippen LogP) is 2.20. The molecule has 0 aromatic heterocycles. The highest BCUT2D eigenvalue weighted by molar-refractivity contribution is 5.68. The van der Waals surface area contributed by atoms with E-state index in [2.05, 4.69) is 10.6 Å². The van der Waals surface area contributed by atoms with Crippen molar-refractivity contribution >= 4 is 6.09 Å². The Balaban J connectivity index is 1.88. The van der Waals surface area contributed by atoms with E-state index >= 15 is 0 Å². The maximum Gasteiger partial charge on any atom is 0.407 e. The molecular weight excluding hydrogens is 256 g/mol. The van der Waals surface area contributed by atoms with Gasteiger partial charge in [0.25, 0.3) is 0 Å². The lowest BCUT2D eigenvalue weighted by Gasteiger charge is -2.35. The highest BCUT2D eigenvalue weighted by Crippen LogP contribution is 2.20. The summed E-state index contributed by atoms with van der Waals surface area (Å²) >= 11 is 0.